The summed E-state index contributed by atoms with van der Waals surface area (Å²) in [6.07, 6.45) is 1.61. The van der Waals surface area contributed by atoms with E-state index in [0.717, 1.165) is 5.69 Å². The molecule has 0 radical (unpaired) electrons. The van der Waals surface area contributed by atoms with E-state index >= 15 is 0 Å². The molecule has 1 saturated heterocycles. The fraction of sp³-hybridized carbons (Fsp3) is 0.368. The third-order valence-corrected chi connectivity index (χ3v) is 7.95. The molecule has 0 atom stereocenters. The van der Waals surface area contributed by atoms with Gasteiger partial charge in [-0.05, 0) is 26.0 Å². The Morgan fingerprint density at radius 3 is 2.48 bits per heavy atom. The minimum Gasteiger partial charge on any atom is -0.360 e. The highest BCUT2D eigenvalue weighted by molar-refractivity contribution is 7.99. The molecule has 12 heteroatoms. The van der Waals surface area contributed by atoms with Crippen LogP contribution in [0.3, 0.4) is 0 Å². The molecule has 1 fully saturated rings. The normalized spacial score (nSPS) is 15.4. The van der Waals surface area contributed by atoms with E-state index in [9.17, 15) is 13.2 Å². The first-order valence-corrected chi connectivity index (χ1v) is 12.1. The van der Waals surface area contributed by atoms with Crippen LogP contribution in [0.15, 0.2) is 51.2 Å². The lowest BCUT2D eigenvalue weighted by molar-refractivity contribution is -0.129. The van der Waals surface area contributed by atoms with Crippen molar-refractivity contribution >= 4 is 27.7 Å². The predicted octanol–water partition coefficient (Wildman–Crippen LogP) is 1.50. The minimum atomic E-state index is -3.70. The van der Waals surface area contributed by atoms with Crippen LogP contribution in [0.25, 0.3) is 5.69 Å². The van der Waals surface area contributed by atoms with E-state index in [1.54, 1.807) is 29.8 Å². The summed E-state index contributed by atoms with van der Waals surface area (Å²) in [6.45, 7) is 4.29. The number of aromatic nitrogens is 4. The van der Waals surface area contributed by atoms with Gasteiger partial charge in [0.15, 0.2) is 5.76 Å². The molecule has 0 bridgehead atoms. The van der Waals surface area contributed by atoms with Crippen molar-refractivity contribution in [3.8, 4) is 5.69 Å². The summed E-state index contributed by atoms with van der Waals surface area (Å²) in [5.74, 6) is 0.389. The molecule has 164 valence electrons. The number of carbonyl (C=O) groups is 1. The van der Waals surface area contributed by atoms with E-state index < -0.39 is 10.0 Å². The second kappa shape index (κ2) is 8.81. The lowest BCUT2D eigenvalue weighted by atomic mass is 10.3. The van der Waals surface area contributed by atoms with Gasteiger partial charge in [-0.2, -0.15) is 4.31 Å². The van der Waals surface area contributed by atoms with Crippen molar-refractivity contribution in [1.29, 1.82) is 0 Å². The first-order chi connectivity index (χ1) is 14.9. The smallest absolute Gasteiger partial charge is 0.248 e. The van der Waals surface area contributed by atoms with Crippen molar-refractivity contribution in [1.82, 2.24) is 29.1 Å². The van der Waals surface area contributed by atoms with Crippen molar-refractivity contribution in [2.24, 2.45) is 0 Å². The minimum absolute atomic E-state index is 0.0737. The average Bonchev–Trinajstić information content (AvgIpc) is 3.39. The molecule has 2 aromatic heterocycles. The van der Waals surface area contributed by atoms with Gasteiger partial charge in [0.2, 0.25) is 21.1 Å². The monoisotopic (exact) mass is 462 g/mol. The number of para-hydroxylation sites is 1. The van der Waals surface area contributed by atoms with Crippen LogP contribution in [0.4, 0.5) is 0 Å². The van der Waals surface area contributed by atoms with Gasteiger partial charge in [0, 0.05) is 26.2 Å². The zero-order valence-electron chi connectivity index (χ0n) is 17.1. The fourth-order valence-corrected chi connectivity index (χ4v) is 5.80. The molecule has 0 unspecified atom stereocenters. The summed E-state index contributed by atoms with van der Waals surface area (Å²) < 4.78 is 33.8. The molecule has 1 aromatic carbocycles. The van der Waals surface area contributed by atoms with Gasteiger partial charge < -0.3 is 9.42 Å². The number of piperazine rings is 1. The molecular formula is C19H22N6O4S2. The number of nitrogens with zero attached hydrogens (tertiary/aromatic N) is 6. The highest BCUT2D eigenvalue weighted by atomic mass is 32.2. The second-order valence-corrected chi connectivity index (χ2v) is 9.85. The number of amides is 1. The number of rotatable bonds is 6. The Bertz CT molecular complexity index is 1150. The molecule has 0 saturated carbocycles. The number of carbonyl (C=O) groups excluding carboxylic acids is 1. The van der Waals surface area contributed by atoms with Crippen molar-refractivity contribution in [3.63, 3.8) is 0 Å². The molecular weight excluding hydrogens is 440 g/mol. The van der Waals surface area contributed by atoms with E-state index in [1.165, 1.54) is 16.1 Å². The van der Waals surface area contributed by atoms with Crippen LogP contribution in [-0.4, -0.2) is 75.4 Å². The maximum atomic E-state index is 12.9. The van der Waals surface area contributed by atoms with Crippen molar-refractivity contribution in [2.75, 3.05) is 31.9 Å². The Morgan fingerprint density at radius 1 is 1.13 bits per heavy atom. The lowest BCUT2D eigenvalue weighted by Crippen LogP contribution is -2.51. The van der Waals surface area contributed by atoms with Crippen LogP contribution in [0, 0.1) is 13.8 Å². The molecule has 3 aromatic rings. The SMILES string of the molecule is Cc1noc(C)c1S(=O)(=O)N1CCN(C(=O)CSc2ncn(-c3ccccc3)n2)CC1. The standard InChI is InChI=1S/C19H22N6O4S2/c1-14-18(15(2)29-22-14)31(27,28)24-10-8-23(9-11-24)17(26)12-30-19-20-13-25(21-19)16-6-4-3-5-7-16/h3-7,13H,8-12H2,1-2H3. The number of thioether (sulfide) groups is 1. The first kappa shape index (κ1) is 21.5. The summed E-state index contributed by atoms with van der Waals surface area (Å²) in [4.78, 5) is 18.6. The van der Waals surface area contributed by atoms with E-state index in [1.807, 2.05) is 30.3 Å². The number of hydrogen-bond donors (Lipinski definition) is 0. The Hall–Kier alpha value is -2.70. The molecule has 4 rings (SSSR count). The van der Waals surface area contributed by atoms with Gasteiger partial charge in [-0.1, -0.05) is 35.1 Å². The Kier molecular flexibility index (Phi) is 6.12. The molecule has 1 aliphatic rings. The highest BCUT2D eigenvalue weighted by Gasteiger charge is 2.34. The summed E-state index contributed by atoms with van der Waals surface area (Å²) in [6, 6.07) is 9.60. The zero-order chi connectivity index (χ0) is 22.0. The Morgan fingerprint density at radius 2 is 1.84 bits per heavy atom. The number of sulfonamides is 1. The van der Waals surface area contributed by atoms with Crippen LogP contribution in [0.2, 0.25) is 0 Å². The van der Waals surface area contributed by atoms with Crippen LogP contribution < -0.4 is 0 Å². The first-order valence-electron chi connectivity index (χ1n) is 9.67. The summed E-state index contributed by atoms with van der Waals surface area (Å²) >= 11 is 1.26. The number of hydrogen-bond acceptors (Lipinski definition) is 8. The van der Waals surface area contributed by atoms with Gasteiger partial charge in [-0.3, -0.25) is 4.79 Å². The van der Waals surface area contributed by atoms with Crippen LogP contribution in [0.1, 0.15) is 11.5 Å². The van der Waals surface area contributed by atoms with Gasteiger partial charge in [-0.25, -0.2) is 18.1 Å². The van der Waals surface area contributed by atoms with Crippen LogP contribution in [0.5, 0.6) is 0 Å². The van der Waals surface area contributed by atoms with Gasteiger partial charge in [0.1, 0.15) is 16.9 Å². The van der Waals surface area contributed by atoms with E-state index in [4.69, 9.17) is 4.52 Å². The van der Waals surface area contributed by atoms with Crippen LogP contribution >= 0.6 is 11.8 Å². The quantitative estimate of drug-likeness (QED) is 0.506. The third-order valence-electron chi connectivity index (χ3n) is 4.97. The summed E-state index contributed by atoms with van der Waals surface area (Å²) in [5.41, 5.74) is 1.23. The Balaban J connectivity index is 1.31. The maximum Gasteiger partial charge on any atom is 0.248 e. The molecule has 31 heavy (non-hydrogen) atoms. The third kappa shape index (κ3) is 4.50. The van der Waals surface area contributed by atoms with Crippen molar-refractivity contribution in [2.45, 2.75) is 23.9 Å². The largest absolute Gasteiger partial charge is 0.360 e. The topological polar surface area (TPSA) is 114 Å². The van der Waals surface area contributed by atoms with Crippen molar-refractivity contribution < 1.29 is 17.7 Å². The molecule has 10 nitrogen and oxygen atoms in total. The lowest BCUT2D eigenvalue weighted by Gasteiger charge is -2.33. The summed E-state index contributed by atoms with van der Waals surface area (Å²) in [5, 5.41) is 8.63. The second-order valence-electron chi connectivity index (χ2n) is 7.03. The Labute approximate surface area is 184 Å². The highest BCUT2D eigenvalue weighted by Crippen LogP contribution is 2.24. The number of benzene rings is 1. The predicted molar refractivity (Wildman–Crippen MR) is 113 cm³/mol. The molecule has 0 N–H and O–H groups in total. The molecule has 0 spiro atoms. The number of aryl methyl sites for hydroxylation is 2. The summed E-state index contributed by atoms with van der Waals surface area (Å²) in [7, 11) is -3.70. The molecule has 1 amide bonds. The van der Waals surface area contributed by atoms with E-state index in [2.05, 4.69) is 15.2 Å². The van der Waals surface area contributed by atoms with Crippen LogP contribution in [-0.2, 0) is 14.8 Å². The van der Waals surface area contributed by atoms with Crippen molar-refractivity contribution in [3.05, 3.63) is 48.1 Å². The zero-order valence-corrected chi connectivity index (χ0v) is 18.8. The van der Waals surface area contributed by atoms with Gasteiger partial charge in [0.25, 0.3) is 0 Å². The fourth-order valence-electron chi connectivity index (χ4n) is 3.39. The molecule has 0 aliphatic carbocycles. The molecule has 3 heterocycles. The van der Waals surface area contributed by atoms with Gasteiger partial charge in [0.05, 0.1) is 11.4 Å². The van der Waals surface area contributed by atoms with Gasteiger partial charge in [-0.15, -0.1) is 5.10 Å². The maximum absolute atomic E-state index is 12.9. The van der Waals surface area contributed by atoms with E-state index in [0.29, 0.717) is 23.9 Å². The molecule has 1 aliphatic heterocycles. The van der Waals surface area contributed by atoms with E-state index in [-0.39, 0.29) is 35.4 Å². The van der Waals surface area contributed by atoms with Gasteiger partial charge >= 0.3 is 0 Å². The average molecular weight is 463 g/mol.